The van der Waals surface area contributed by atoms with Crippen molar-refractivity contribution in [3.63, 3.8) is 0 Å². The van der Waals surface area contributed by atoms with Crippen LogP contribution in [0, 0.1) is 11.6 Å². The summed E-state index contributed by atoms with van der Waals surface area (Å²) in [5, 5.41) is 3.02. The molecule has 0 saturated heterocycles. The fraction of sp³-hybridized carbons (Fsp3) is 0.143. The number of nitrogens with one attached hydrogen (secondary N) is 1. The molecule has 1 nitrogen and oxygen atoms in total. The molecule has 1 atom stereocenters. The topological polar surface area (TPSA) is 12.0 Å². The van der Waals surface area contributed by atoms with E-state index in [9.17, 15) is 8.78 Å². The van der Waals surface area contributed by atoms with Crippen LogP contribution in [-0.2, 0) is 0 Å². The molecule has 0 heterocycles. The minimum Gasteiger partial charge on any atom is -0.376 e. The van der Waals surface area contributed by atoms with Crippen LogP contribution in [0.15, 0.2) is 46.9 Å². The fourth-order valence-electron chi connectivity index (χ4n) is 1.70. The van der Waals surface area contributed by atoms with Crippen molar-refractivity contribution < 1.29 is 8.78 Å². The van der Waals surface area contributed by atoms with Crippen molar-refractivity contribution >= 4 is 21.6 Å². The fourth-order valence-corrected chi connectivity index (χ4v) is 2.12. The van der Waals surface area contributed by atoms with Gasteiger partial charge in [-0.2, -0.15) is 0 Å². The molecular weight excluding hydrogens is 300 g/mol. The van der Waals surface area contributed by atoms with Crippen LogP contribution in [0.2, 0.25) is 0 Å². The first kappa shape index (κ1) is 13.0. The van der Waals surface area contributed by atoms with E-state index in [0.29, 0.717) is 5.69 Å². The lowest BCUT2D eigenvalue weighted by atomic mass is 10.1. The van der Waals surface area contributed by atoms with Gasteiger partial charge >= 0.3 is 0 Å². The summed E-state index contributed by atoms with van der Waals surface area (Å²) >= 11 is 3.39. The van der Waals surface area contributed by atoms with Gasteiger partial charge in [0.2, 0.25) is 0 Å². The zero-order valence-corrected chi connectivity index (χ0v) is 11.3. The predicted molar refractivity (Wildman–Crippen MR) is 72.5 cm³/mol. The van der Waals surface area contributed by atoms with Crippen molar-refractivity contribution in [3.8, 4) is 0 Å². The van der Waals surface area contributed by atoms with Crippen molar-refractivity contribution in [3.05, 3.63) is 64.1 Å². The van der Waals surface area contributed by atoms with Crippen molar-refractivity contribution in [2.75, 3.05) is 5.32 Å². The zero-order chi connectivity index (χ0) is 13.1. The molecule has 1 unspecified atom stereocenters. The van der Waals surface area contributed by atoms with Gasteiger partial charge in [0.05, 0.1) is 5.69 Å². The number of benzene rings is 2. The largest absolute Gasteiger partial charge is 0.376 e. The Bertz CT molecular complexity index is 557. The summed E-state index contributed by atoms with van der Waals surface area (Å²) in [7, 11) is 0. The first-order valence-electron chi connectivity index (χ1n) is 5.53. The molecule has 0 fully saturated rings. The van der Waals surface area contributed by atoms with Gasteiger partial charge in [-0.25, -0.2) is 8.78 Å². The second kappa shape index (κ2) is 5.48. The maximum Gasteiger partial charge on any atom is 0.149 e. The average molecular weight is 312 g/mol. The van der Waals surface area contributed by atoms with Crippen molar-refractivity contribution in [1.82, 2.24) is 0 Å². The van der Waals surface area contributed by atoms with Gasteiger partial charge in [0, 0.05) is 16.6 Å². The van der Waals surface area contributed by atoms with Crippen molar-refractivity contribution in [1.29, 1.82) is 0 Å². The van der Waals surface area contributed by atoms with Crippen LogP contribution in [0.4, 0.5) is 14.5 Å². The summed E-state index contributed by atoms with van der Waals surface area (Å²) in [6.45, 7) is 1.92. The van der Waals surface area contributed by atoms with Crippen LogP contribution < -0.4 is 5.32 Å². The van der Waals surface area contributed by atoms with E-state index in [4.69, 9.17) is 0 Å². The summed E-state index contributed by atoms with van der Waals surface area (Å²) in [6, 6.07) is 11.2. The molecule has 0 aromatic heterocycles. The molecule has 0 saturated carbocycles. The van der Waals surface area contributed by atoms with E-state index in [1.807, 2.05) is 31.2 Å². The van der Waals surface area contributed by atoms with Gasteiger partial charge in [0.15, 0.2) is 0 Å². The lowest BCUT2D eigenvalue weighted by molar-refractivity contribution is 0.584. The molecule has 0 radical (unpaired) electrons. The number of hydrogen-bond donors (Lipinski definition) is 1. The van der Waals surface area contributed by atoms with Crippen molar-refractivity contribution in [2.24, 2.45) is 0 Å². The Morgan fingerprint density at radius 2 is 1.89 bits per heavy atom. The van der Waals surface area contributed by atoms with Gasteiger partial charge in [-0.05, 0) is 36.8 Å². The van der Waals surface area contributed by atoms with E-state index >= 15 is 0 Å². The SMILES string of the molecule is CC(Nc1ccc(F)cc1F)c1cccc(Br)c1. The average Bonchev–Trinajstić information content (AvgIpc) is 2.32. The highest BCUT2D eigenvalue weighted by atomic mass is 79.9. The molecule has 2 aromatic rings. The molecule has 0 aliphatic heterocycles. The number of rotatable bonds is 3. The Balaban J connectivity index is 2.18. The summed E-state index contributed by atoms with van der Waals surface area (Å²) < 4.78 is 27.2. The Hall–Kier alpha value is -1.42. The third-order valence-corrected chi connectivity index (χ3v) is 3.15. The minimum atomic E-state index is -0.586. The third-order valence-electron chi connectivity index (χ3n) is 2.65. The summed E-state index contributed by atoms with van der Waals surface area (Å²) in [5.41, 5.74) is 1.32. The second-order valence-corrected chi connectivity index (χ2v) is 4.96. The zero-order valence-electron chi connectivity index (χ0n) is 9.75. The van der Waals surface area contributed by atoms with Gasteiger partial charge in [0.25, 0.3) is 0 Å². The summed E-state index contributed by atoms with van der Waals surface area (Å²) in [5.74, 6) is -1.16. The molecule has 0 amide bonds. The highest BCUT2D eigenvalue weighted by Crippen LogP contribution is 2.24. The normalized spacial score (nSPS) is 12.2. The van der Waals surface area contributed by atoms with Crippen LogP contribution in [0.1, 0.15) is 18.5 Å². The molecule has 0 spiro atoms. The summed E-state index contributed by atoms with van der Waals surface area (Å²) in [4.78, 5) is 0. The second-order valence-electron chi connectivity index (χ2n) is 4.05. The van der Waals surface area contributed by atoms with Gasteiger partial charge in [-0.1, -0.05) is 28.1 Å². The monoisotopic (exact) mass is 311 g/mol. The van der Waals surface area contributed by atoms with Crippen LogP contribution >= 0.6 is 15.9 Å². The number of halogens is 3. The Labute approximate surface area is 113 Å². The molecule has 1 N–H and O–H groups in total. The van der Waals surface area contributed by atoms with Crippen LogP contribution in [-0.4, -0.2) is 0 Å². The van der Waals surface area contributed by atoms with Gasteiger partial charge < -0.3 is 5.32 Å². The lowest BCUT2D eigenvalue weighted by Gasteiger charge is -2.16. The van der Waals surface area contributed by atoms with Crippen LogP contribution in [0.5, 0.6) is 0 Å². The Morgan fingerprint density at radius 3 is 2.56 bits per heavy atom. The van der Waals surface area contributed by atoms with E-state index in [-0.39, 0.29) is 6.04 Å². The van der Waals surface area contributed by atoms with E-state index in [1.165, 1.54) is 12.1 Å². The molecule has 0 bridgehead atoms. The quantitative estimate of drug-likeness (QED) is 0.850. The smallest absolute Gasteiger partial charge is 0.149 e. The van der Waals surface area contributed by atoms with E-state index in [0.717, 1.165) is 16.1 Å². The molecule has 2 aromatic carbocycles. The Kier molecular flexibility index (Phi) is 3.97. The molecule has 0 aliphatic rings. The lowest BCUT2D eigenvalue weighted by Crippen LogP contribution is -2.08. The minimum absolute atomic E-state index is 0.0672. The Morgan fingerprint density at radius 1 is 1.11 bits per heavy atom. The molecular formula is C14H12BrF2N. The predicted octanol–water partition coefficient (Wildman–Crippen LogP) is 4.90. The maximum atomic E-state index is 13.5. The molecule has 94 valence electrons. The number of hydrogen-bond acceptors (Lipinski definition) is 1. The van der Waals surface area contributed by atoms with Gasteiger partial charge in [-0.15, -0.1) is 0 Å². The van der Waals surface area contributed by atoms with E-state index < -0.39 is 11.6 Å². The third kappa shape index (κ3) is 3.07. The highest BCUT2D eigenvalue weighted by Gasteiger charge is 2.09. The maximum absolute atomic E-state index is 13.5. The van der Waals surface area contributed by atoms with Gasteiger partial charge in [-0.3, -0.25) is 0 Å². The van der Waals surface area contributed by atoms with E-state index in [1.54, 1.807) is 0 Å². The molecule has 0 aliphatic carbocycles. The first-order valence-corrected chi connectivity index (χ1v) is 6.32. The highest BCUT2D eigenvalue weighted by molar-refractivity contribution is 9.10. The van der Waals surface area contributed by atoms with Gasteiger partial charge in [0.1, 0.15) is 11.6 Å². The number of anilines is 1. The summed E-state index contributed by atoms with van der Waals surface area (Å²) in [6.07, 6.45) is 0. The van der Waals surface area contributed by atoms with Crippen LogP contribution in [0.3, 0.4) is 0 Å². The van der Waals surface area contributed by atoms with E-state index in [2.05, 4.69) is 21.2 Å². The molecule has 18 heavy (non-hydrogen) atoms. The standard InChI is InChI=1S/C14H12BrF2N/c1-9(10-3-2-4-11(15)7-10)18-14-6-5-12(16)8-13(14)17/h2-9,18H,1H3. The molecule has 4 heteroatoms. The first-order chi connectivity index (χ1) is 8.56. The van der Waals surface area contributed by atoms with Crippen LogP contribution in [0.25, 0.3) is 0 Å². The van der Waals surface area contributed by atoms with Crippen molar-refractivity contribution in [2.45, 2.75) is 13.0 Å². The molecule has 2 rings (SSSR count).